The van der Waals surface area contributed by atoms with E-state index in [1.807, 2.05) is 30.0 Å². The highest BCUT2D eigenvalue weighted by atomic mass is 32.2. The summed E-state index contributed by atoms with van der Waals surface area (Å²) in [4.78, 5) is 15.8. The monoisotopic (exact) mass is 410 g/mol. The van der Waals surface area contributed by atoms with Gasteiger partial charge in [-0.25, -0.2) is 8.42 Å². The lowest BCUT2D eigenvalue weighted by atomic mass is 9.78. The van der Waals surface area contributed by atoms with Crippen LogP contribution in [0.5, 0.6) is 0 Å². The molecule has 3 heterocycles. The number of piperazine rings is 1. The zero-order valence-electron chi connectivity index (χ0n) is 16.8. The summed E-state index contributed by atoms with van der Waals surface area (Å²) in [6, 6.07) is 14.3. The first-order valence-electron chi connectivity index (χ1n) is 10.4. The van der Waals surface area contributed by atoms with Crippen molar-refractivity contribution in [1.29, 1.82) is 0 Å². The van der Waals surface area contributed by atoms with Gasteiger partial charge < -0.3 is 4.90 Å². The van der Waals surface area contributed by atoms with Crippen molar-refractivity contribution in [3.05, 3.63) is 65.2 Å². The molecule has 6 heteroatoms. The average molecular weight is 411 g/mol. The van der Waals surface area contributed by atoms with Crippen molar-refractivity contribution in [2.75, 3.05) is 0 Å². The third kappa shape index (κ3) is 2.76. The first-order valence-corrected chi connectivity index (χ1v) is 11.8. The van der Waals surface area contributed by atoms with E-state index in [-0.39, 0.29) is 28.9 Å². The molecule has 2 aromatic carbocycles. The minimum absolute atomic E-state index is 0.0378. The lowest BCUT2D eigenvalue weighted by Gasteiger charge is -2.56. The fourth-order valence-electron chi connectivity index (χ4n) is 5.55. The number of nitrogens with zero attached hydrogens (tertiary/aromatic N) is 2. The maximum absolute atomic E-state index is 13.7. The van der Waals surface area contributed by atoms with Gasteiger partial charge in [-0.2, -0.15) is 4.31 Å². The molecule has 2 bridgehead atoms. The predicted molar refractivity (Wildman–Crippen MR) is 111 cm³/mol. The second-order valence-electron chi connectivity index (χ2n) is 8.61. The Morgan fingerprint density at radius 1 is 1.03 bits per heavy atom. The van der Waals surface area contributed by atoms with Crippen molar-refractivity contribution in [2.24, 2.45) is 0 Å². The van der Waals surface area contributed by atoms with E-state index in [1.54, 1.807) is 22.5 Å². The molecule has 1 unspecified atom stereocenters. The molecule has 0 spiro atoms. The molecular weight excluding hydrogens is 384 g/mol. The van der Waals surface area contributed by atoms with Gasteiger partial charge in [0.25, 0.3) is 0 Å². The van der Waals surface area contributed by atoms with E-state index in [0.717, 1.165) is 30.4 Å². The normalized spacial score (nSPS) is 29.3. The molecule has 3 aliphatic heterocycles. The summed E-state index contributed by atoms with van der Waals surface area (Å²) in [5.74, 6) is -0.0378. The minimum Gasteiger partial charge on any atom is -0.330 e. The molecule has 0 saturated carbocycles. The standard InChI is InChI=1S/C23H26N2O3S/c1-15-7-5-9-18(13-15)29(27,28)25-20-11-6-12-21(25)23(26)24-16(2)14-17-8-3-4-10-19(17)22(20)24/h3-5,7-10,13,16,20-22H,6,11-12,14H2,1-2H3/t16-,20-,21+,22?/m0/s1. The van der Waals surface area contributed by atoms with Crippen molar-refractivity contribution in [1.82, 2.24) is 9.21 Å². The third-order valence-corrected chi connectivity index (χ3v) is 8.67. The fourth-order valence-corrected chi connectivity index (χ4v) is 7.48. The summed E-state index contributed by atoms with van der Waals surface area (Å²) in [5.41, 5.74) is 3.23. The Bertz CT molecular complexity index is 1080. The highest BCUT2D eigenvalue weighted by Gasteiger charge is 2.56. The molecule has 5 rings (SSSR count). The summed E-state index contributed by atoms with van der Waals surface area (Å²) in [7, 11) is -3.76. The molecule has 29 heavy (non-hydrogen) atoms. The number of carbonyl (C=O) groups is 1. The first kappa shape index (κ1) is 18.8. The summed E-state index contributed by atoms with van der Waals surface area (Å²) in [6.45, 7) is 3.98. The van der Waals surface area contributed by atoms with Gasteiger partial charge in [-0.05, 0) is 68.4 Å². The molecule has 0 aliphatic carbocycles. The van der Waals surface area contributed by atoms with Crippen LogP contribution in [0.25, 0.3) is 0 Å². The van der Waals surface area contributed by atoms with Crippen LogP contribution in [-0.2, 0) is 21.2 Å². The molecule has 2 fully saturated rings. The van der Waals surface area contributed by atoms with E-state index in [2.05, 4.69) is 19.1 Å². The van der Waals surface area contributed by atoms with Gasteiger partial charge in [0.05, 0.1) is 17.0 Å². The maximum Gasteiger partial charge on any atom is 0.244 e. The van der Waals surface area contributed by atoms with Crippen molar-refractivity contribution < 1.29 is 13.2 Å². The van der Waals surface area contributed by atoms with Crippen LogP contribution < -0.4 is 0 Å². The number of hydrogen-bond donors (Lipinski definition) is 0. The van der Waals surface area contributed by atoms with E-state index in [4.69, 9.17) is 0 Å². The van der Waals surface area contributed by atoms with Crippen molar-refractivity contribution in [2.45, 2.75) is 68.6 Å². The van der Waals surface area contributed by atoms with Crippen LogP contribution in [0, 0.1) is 6.92 Å². The van der Waals surface area contributed by atoms with E-state index in [1.165, 1.54) is 5.56 Å². The fraction of sp³-hybridized carbons (Fsp3) is 0.435. The van der Waals surface area contributed by atoms with Crippen molar-refractivity contribution >= 4 is 15.9 Å². The SMILES string of the molecule is Cc1cccc(S(=O)(=O)N2[C@@H]3CCC[C@H]2C2c4ccccc4C[C@H](C)N2C3=O)c1. The Morgan fingerprint density at radius 2 is 1.83 bits per heavy atom. The lowest BCUT2D eigenvalue weighted by molar-refractivity contribution is -0.153. The quantitative estimate of drug-likeness (QED) is 0.762. The van der Waals surface area contributed by atoms with Crippen LogP contribution in [-0.4, -0.2) is 41.7 Å². The molecule has 0 radical (unpaired) electrons. The number of carbonyl (C=O) groups excluding carboxylic acids is 1. The Labute approximate surface area is 172 Å². The number of amides is 1. The molecule has 4 atom stereocenters. The number of fused-ring (bicyclic) bond motifs is 6. The van der Waals surface area contributed by atoms with Gasteiger partial charge in [0.15, 0.2) is 0 Å². The predicted octanol–water partition coefficient (Wildman–Crippen LogP) is 3.43. The number of piperidine rings is 1. The molecule has 2 saturated heterocycles. The van der Waals surface area contributed by atoms with Gasteiger partial charge in [0, 0.05) is 6.04 Å². The minimum atomic E-state index is -3.76. The topological polar surface area (TPSA) is 57.7 Å². The van der Waals surface area contributed by atoms with Crippen LogP contribution in [0.1, 0.15) is 48.9 Å². The van der Waals surface area contributed by atoms with Crippen LogP contribution in [0.15, 0.2) is 53.4 Å². The molecule has 1 amide bonds. The van der Waals surface area contributed by atoms with Crippen LogP contribution in [0.3, 0.4) is 0 Å². The number of benzene rings is 2. The first-order chi connectivity index (χ1) is 13.9. The smallest absolute Gasteiger partial charge is 0.244 e. The molecule has 3 aliphatic rings. The van der Waals surface area contributed by atoms with E-state index < -0.39 is 16.1 Å². The van der Waals surface area contributed by atoms with Crippen LogP contribution in [0.4, 0.5) is 0 Å². The van der Waals surface area contributed by atoms with Crippen molar-refractivity contribution in [3.8, 4) is 0 Å². The zero-order valence-corrected chi connectivity index (χ0v) is 17.6. The van der Waals surface area contributed by atoms with E-state index in [0.29, 0.717) is 6.42 Å². The van der Waals surface area contributed by atoms with E-state index >= 15 is 0 Å². The Kier molecular flexibility index (Phi) is 4.33. The maximum atomic E-state index is 13.7. The number of sulfonamides is 1. The Morgan fingerprint density at radius 3 is 2.62 bits per heavy atom. The largest absolute Gasteiger partial charge is 0.330 e. The second kappa shape index (κ2) is 6.67. The average Bonchev–Trinajstić information content (AvgIpc) is 2.71. The zero-order chi connectivity index (χ0) is 20.3. The van der Waals surface area contributed by atoms with Gasteiger partial charge >= 0.3 is 0 Å². The summed E-state index contributed by atoms with van der Waals surface area (Å²) in [6.07, 6.45) is 3.07. The van der Waals surface area contributed by atoms with Gasteiger partial charge in [-0.3, -0.25) is 4.79 Å². The second-order valence-corrected chi connectivity index (χ2v) is 10.5. The summed E-state index contributed by atoms with van der Waals surface area (Å²) < 4.78 is 29.0. The van der Waals surface area contributed by atoms with E-state index in [9.17, 15) is 13.2 Å². The molecule has 152 valence electrons. The number of aryl methyl sites for hydroxylation is 1. The molecule has 0 N–H and O–H groups in total. The number of hydrogen-bond acceptors (Lipinski definition) is 3. The lowest BCUT2D eigenvalue weighted by Crippen LogP contribution is -2.68. The Balaban J connectivity index is 1.67. The van der Waals surface area contributed by atoms with Gasteiger partial charge in [-0.1, -0.05) is 36.4 Å². The number of rotatable bonds is 2. The van der Waals surface area contributed by atoms with Crippen LogP contribution >= 0.6 is 0 Å². The third-order valence-electron chi connectivity index (χ3n) is 6.74. The molecule has 2 aromatic rings. The molecule has 0 aromatic heterocycles. The highest BCUT2D eigenvalue weighted by molar-refractivity contribution is 7.89. The molecular formula is C23H26N2O3S. The van der Waals surface area contributed by atoms with Gasteiger partial charge in [0.1, 0.15) is 6.04 Å². The van der Waals surface area contributed by atoms with Crippen LogP contribution in [0.2, 0.25) is 0 Å². The summed E-state index contributed by atoms with van der Waals surface area (Å²) in [5, 5.41) is 0. The van der Waals surface area contributed by atoms with Gasteiger partial charge in [0.2, 0.25) is 15.9 Å². The molecule has 5 nitrogen and oxygen atoms in total. The summed E-state index contributed by atoms with van der Waals surface area (Å²) >= 11 is 0. The van der Waals surface area contributed by atoms with Gasteiger partial charge in [-0.15, -0.1) is 0 Å². The Hall–Kier alpha value is -2.18. The highest BCUT2D eigenvalue weighted by Crippen LogP contribution is 2.47. The van der Waals surface area contributed by atoms with Crippen molar-refractivity contribution in [3.63, 3.8) is 0 Å².